The second-order valence-corrected chi connectivity index (χ2v) is 6.32. The minimum absolute atomic E-state index is 0.142. The van der Waals surface area contributed by atoms with E-state index in [2.05, 4.69) is 0 Å². The Labute approximate surface area is 138 Å². The highest BCUT2D eigenvalue weighted by Crippen LogP contribution is 2.30. The van der Waals surface area contributed by atoms with Crippen LogP contribution in [0.3, 0.4) is 0 Å². The Morgan fingerprint density at radius 3 is 2.35 bits per heavy atom. The number of esters is 1. The van der Waals surface area contributed by atoms with Gasteiger partial charge >= 0.3 is 5.97 Å². The number of carbonyl (C=O) groups is 2. The molecule has 0 heterocycles. The smallest absolute Gasteiger partial charge is 0.306 e. The van der Waals surface area contributed by atoms with Crippen LogP contribution in [0.1, 0.15) is 54.9 Å². The summed E-state index contributed by atoms with van der Waals surface area (Å²) in [5.41, 5.74) is 7.54. The number of carbonyl (C=O) groups excluding carboxylic acids is 2. The van der Waals surface area contributed by atoms with E-state index in [9.17, 15) is 9.59 Å². The van der Waals surface area contributed by atoms with Gasteiger partial charge in [-0.15, -0.1) is 0 Å². The molecule has 0 radical (unpaired) electrons. The summed E-state index contributed by atoms with van der Waals surface area (Å²) in [6.07, 6.45) is 5.05. The number of Topliss-reactive ketones (excluding diaryl/α,β-unsaturated/α-hetero) is 1. The molecule has 23 heavy (non-hydrogen) atoms. The normalized spacial score (nSPS) is 21.0. The van der Waals surface area contributed by atoms with Crippen LogP contribution in [0.5, 0.6) is 0 Å². The van der Waals surface area contributed by atoms with Gasteiger partial charge in [0.05, 0.1) is 6.61 Å². The van der Waals surface area contributed by atoms with Gasteiger partial charge in [0.2, 0.25) is 0 Å². The Bertz CT molecular complexity index is 516. The van der Waals surface area contributed by atoms with Crippen LogP contribution >= 0.6 is 0 Å². The third kappa shape index (κ3) is 5.17. The SMILES string of the molecule is CCOC(=O)CCc1ccc(C(=O)C2CCC(CN)CC2)cc1. The summed E-state index contributed by atoms with van der Waals surface area (Å²) in [6, 6.07) is 7.66. The third-order valence-corrected chi connectivity index (χ3v) is 4.71. The van der Waals surface area contributed by atoms with Crippen molar-refractivity contribution < 1.29 is 14.3 Å². The molecule has 0 bridgehead atoms. The van der Waals surface area contributed by atoms with Crippen molar-refractivity contribution in [1.29, 1.82) is 0 Å². The summed E-state index contributed by atoms with van der Waals surface area (Å²) in [4.78, 5) is 23.9. The Kier molecular flexibility index (Phi) is 6.78. The molecule has 1 fully saturated rings. The Morgan fingerprint density at radius 1 is 1.13 bits per heavy atom. The fraction of sp³-hybridized carbons (Fsp3) is 0.579. The fourth-order valence-corrected chi connectivity index (χ4v) is 3.21. The molecule has 1 aliphatic rings. The van der Waals surface area contributed by atoms with Gasteiger partial charge in [-0.1, -0.05) is 24.3 Å². The number of ether oxygens (including phenoxy) is 1. The van der Waals surface area contributed by atoms with E-state index in [1.165, 1.54) is 0 Å². The van der Waals surface area contributed by atoms with E-state index >= 15 is 0 Å². The lowest BCUT2D eigenvalue weighted by molar-refractivity contribution is -0.143. The minimum Gasteiger partial charge on any atom is -0.466 e. The highest BCUT2D eigenvalue weighted by molar-refractivity contribution is 5.97. The molecule has 1 aromatic rings. The van der Waals surface area contributed by atoms with Crippen LogP contribution in [0.25, 0.3) is 0 Å². The molecular formula is C19H27NO3. The van der Waals surface area contributed by atoms with E-state index < -0.39 is 0 Å². The second-order valence-electron chi connectivity index (χ2n) is 6.32. The highest BCUT2D eigenvalue weighted by atomic mass is 16.5. The van der Waals surface area contributed by atoms with Crippen molar-refractivity contribution in [2.24, 2.45) is 17.6 Å². The number of rotatable bonds is 7. The molecule has 0 spiro atoms. The van der Waals surface area contributed by atoms with E-state index in [1.807, 2.05) is 24.3 Å². The number of benzene rings is 1. The average Bonchev–Trinajstić information content (AvgIpc) is 2.60. The maximum Gasteiger partial charge on any atom is 0.306 e. The number of ketones is 1. The van der Waals surface area contributed by atoms with Crippen LogP contribution in [0.2, 0.25) is 0 Å². The van der Waals surface area contributed by atoms with Crippen molar-refractivity contribution >= 4 is 11.8 Å². The second kappa shape index (κ2) is 8.82. The van der Waals surface area contributed by atoms with Crippen LogP contribution in [0, 0.1) is 11.8 Å². The summed E-state index contributed by atoms with van der Waals surface area (Å²) in [7, 11) is 0. The monoisotopic (exact) mass is 317 g/mol. The molecule has 4 nitrogen and oxygen atoms in total. The summed E-state index contributed by atoms with van der Waals surface area (Å²) in [5, 5.41) is 0. The van der Waals surface area contributed by atoms with Crippen LogP contribution in [0.15, 0.2) is 24.3 Å². The molecule has 0 saturated heterocycles. The predicted octanol–water partition coefficient (Wildman–Crippen LogP) is 3.13. The van der Waals surface area contributed by atoms with Crippen molar-refractivity contribution in [3.63, 3.8) is 0 Å². The number of nitrogens with two attached hydrogens (primary N) is 1. The Balaban J connectivity index is 1.86. The molecule has 0 unspecified atom stereocenters. The first kappa shape index (κ1) is 17.7. The first-order valence-corrected chi connectivity index (χ1v) is 8.62. The maximum atomic E-state index is 12.6. The first-order valence-electron chi connectivity index (χ1n) is 8.62. The first-order chi connectivity index (χ1) is 11.1. The van der Waals surface area contributed by atoms with Gasteiger partial charge in [0.1, 0.15) is 0 Å². The molecule has 1 saturated carbocycles. The van der Waals surface area contributed by atoms with Crippen molar-refractivity contribution in [1.82, 2.24) is 0 Å². The molecule has 0 aliphatic heterocycles. The van der Waals surface area contributed by atoms with E-state index in [0.29, 0.717) is 25.4 Å². The van der Waals surface area contributed by atoms with Crippen molar-refractivity contribution in [2.45, 2.75) is 45.4 Å². The minimum atomic E-state index is -0.177. The summed E-state index contributed by atoms with van der Waals surface area (Å²) < 4.78 is 4.92. The van der Waals surface area contributed by atoms with Gasteiger partial charge < -0.3 is 10.5 Å². The number of aryl methyl sites for hydroxylation is 1. The van der Waals surface area contributed by atoms with Gasteiger partial charge in [0, 0.05) is 17.9 Å². The molecule has 4 heteroatoms. The van der Waals surface area contributed by atoms with Gasteiger partial charge in [-0.3, -0.25) is 9.59 Å². The topological polar surface area (TPSA) is 69.4 Å². The molecule has 126 valence electrons. The van der Waals surface area contributed by atoms with Crippen LogP contribution in [-0.4, -0.2) is 24.9 Å². The van der Waals surface area contributed by atoms with Gasteiger partial charge in [0.15, 0.2) is 5.78 Å². The molecule has 0 aromatic heterocycles. The van der Waals surface area contributed by atoms with E-state index in [-0.39, 0.29) is 17.7 Å². The van der Waals surface area contributed by atoms with Gasteiger partial charge in [0.25, 0.3) is 0 Å². The molecule has 1 aliphatic carbocycles. The lowest BCUT2D eigenvalue weighted by Gasteiger charge is -2.26. The summed E-state index contributed by atoms with van der Waals surface area (Å²) >= 11 is 0. The molecule has 2 rings (SSSR count). The lowest BCUT2D eigenvalue weighted by Crippen LogP contribution is -2.25. The third-order valence-electron chi connectivity index (χ3n) is 4.71. The Hall–Kier alpha value is -1.68. The van der Waals surface area contributed by atoms with Gasteiger partial charge in [-0.25, -0.2) is 0 Å². The summed E-state index contributed by atoms with van der Waals surface area (Å²) in [5.74, 6) is 0.800. The zero-order valence-corrected chi connectivity index (χ0v) is 13.9. The predicted molar refractivity (Wildman–Crippen MR) is 90.2 cm³/mol. The number of hydrogen-bond acceptors (Lipinski definition) is 4. The largest absolute Gasteiger partial charge is 0.466 e. The highest BCUT2D eigenvalue weighted by Gasteiger charge is 2.26. The molecular weight excluding hydrogens is 290 g/mol. The zero-order valence-electron chi connectivity index (χ0n) is 13.9. The zero-order chi connectivity index (χ0) is 16.7. The molecule has 1 aromatic carbocycles. The quantitative estimate of drug-likeness (QED) is 0.619. The van der Waals surface area contributed by atoms with Crippen molar-refractivity contribution in [2.75, 3.05) is 13.2 Å². The van der Waals surface area contributed by atoms with E-state index in [4.69, 9.17) is 10.5 Å². The number of hydrogen-bond donors (Lipinski definition) is 1. The van der Waals surface area contributed by atoms with Crippen LogP contribution < -0.4 is 5.73 Å². The fourth-order valence-electron chi connectivity index (χ4n) is 3.21. The maximum absolute atomic E-state index is 12.6. The Morgan fingerprint density at radius 2 is 1.78 bits per heavy atom. The standard InChI is InChI=1S/C19H27NO3/c1-2-23-18(21)12-7-14-3-8-16(9-4-14)19(22)17-10-5-15(13-20)6-11-17/h3-4,8-9,15,17H,2,5-7,10-13,20H2,1H3. The van der Waals surface area contributed by atoms with Crippen molar-refractivity contribution in [3.05, 3.63) is 35.4 Å². The lowest BCUT2D eigenvalue weighted by atomic mass is 9.78. The van der Waals surface area contributed by atoms with E-state index in [0.717, 1.165) is 43.4 Å². The summed E-state index contributed by atoms with van der Waals surface area (Å²) in [6.45, 7) is 2.95. The average molecular weight is 317 g/mol. The van der Waals surface area contributed by atoms with Crippen LogP contribution in [0.4, 0.5) is 0 Å². The van der Waals surface area contributed by atoms with Gasteiger partial charge in [-0.2, -0.15) is 0 Å². The van der Waals surface area contributed by atoms with Crippen LogP contribution in [-0.2, 0) is 16.0 Å². The van der Waals surface area contributed by atoms with E-state index in [1.54, 1.807) is 6.92 Å². The molecule has 0 atom stereocenters. The molecule has 2 N–H and O–H groups in total. The molecule has 0 amide bonds. The van der Waals surface area contributed by atoms with Gasteiger partial charge in [-0.05, 0) is 57.1 Å². The van der Waals surface area contributed by atoms with Crippen molar-refractivity contribution in [3.8, 4) is 0 Å².